The summed E-state index contributed by atoms with van der Waals surface area (Å²) >= 11 is 18.4. The van der Waals surface area contributed by atoms with Gasteiger partial charge in [-0.1, -0.05) is 34.8 Å². The van der Waals surface area contributed by atoms with E-state index in [0.29, 0.717) is 0 Å². The van der Waals surface area contributed by atoms with Gasteiger partial charge >= 0.3 is 5.97 Å². The van der Waals surface area contributed by atoms with Crippen molar-refractivity contribution in [2.45, 2.75) is 18.0 Å². The number of hydrogen-bond acceptors (Lipinski definition) is 5. The van der Waals surface area contributed by atoms with E-state index in [0.717, 1.165) is 4.90 Å². The number of imide groups is 1. The predicted octanol–water partition coefficient (Wildman–Crippen LogP) is 1.73. The van der Waals surface area contributed by atoms with Crippen LogP contribution >= 0.6 is 34.8 Å². The number of carbonyl (C=O) groups is 3. The fourth-order valence-electron chi connectivity index (χ4n) is 3.94. The normalized spacial score (nSPS) is 29.1. The molecule has 1 aromatic rings. The zero-order chi connectivity index (χ0) is 20.8. The first-order valence-corrected chi connectivity index (χ1v) is 9.38. The van der Waals surface area contributed by atoms with Crippen molar-refractivity contribution in [3.63, 3.8) is 0 Å². The van der Waals surface area contributed by atoms with Crippen molar-refractivity contribution in [2.75, 3.05) is 13.2 Å². The number of nitrogens with one attached hydrogen (secondary N) is 1. The van der Waals surface area contributed by atoms with E-state index in [-0.39, 0.29) is 33.6 Å². The average molecular weight is 446 g/mol. The van der Waals surface area contributed by atoms with Gasteiger partial charge in [0.1, 0.15) is 0 Å². The molecule has 7 nitrogen and oxygen atoms in total. The minimum atomic E-state index is -2.06. The van der Waals surface area contributed by atoms with Gasteiger partial charge in [-0.25, -0.2) is 0 Å². The van der Waals surface area contributed by atoms with Gasteiger partial charge in [0.25, 0.3) is 0 Å². The molecule has 1 aromatic carbocycles. The van der Waals surface area contributed by atoms with Crippen molar-refractivity contribution in [3.8, 4) is 12.3 Å². The Kier molecular flexibility index (Phi) is 5.63. The highest BCUT2D eigenvalue weighted by molar-refractivity contribution is 6.43. The van der Waals surface area contributed by atoms with Crippen LogP contribution in [0.25, 0.3) is 0 Å². The number of carboxylic acids is 1. The van der Waals surface area contributed by atoms with Crippen LogP contribution in [0.1, 0.15) is 18.0 Å². The summed E-state index contributed by atoms with van der Waals surface area (Å²) in [7, 11) is 0. The molecule has 3 rings (SSSR count). The molecule has 0 bridgehead atoms. The molecule has 0 spiro atoms. The first-order valence-electron chi connectivity index (χ1n) is 8.24. The molecule has 0 radical (unpaired) electrons. The van der Waals surface area contributed by atoms with Gasteiger partial charge in [0, 0.05) is 24.0 Å². The number of rotatable bonds is 5. The van der Waals surface area contributed by atoms with E-state index >= 15 is 0 Å². The number of likely N-dealkylation sites (tertiary alicyclic amines) is 1. The van der Waals surface area contributed by atoms with Crippen LogP contribution in [0.4, 0.5) is 0 Å². The maximum absolute atomic E-state index is 13.0. The van der Waals surface area contributed by atoms with E-state index in [1.807, 2.05) is 0 Å². The van der Waals surface area contributed by atoms with Crippen LogP contribution in [0, 0.1) is 24.2 Å². The fraction of sp³-hybridized carbons (Fsp3) is 0.389. The molecule has 28 heavy (non-hydrogen) atoms. The molecule has 2 aliphatic rings. The maximum atomic E-state index is 13.0. The Morgan fingerprint density at radius 1 is 1.29 bits per heavy atom. The standard InChI is InChI=1S/C18H15Cl3N2O5/c1-2-3-4-23-15(25)11-12(16(23)26)18(7-24,17(27)28)22-14(11)9-5-8(19)6-10(20)13(9)21/h1,5-6,11-12,14,22,24H,3-4,7H2,(H,27,28). The molecule has 10 heteroatoms. The van der Waals surface area contributed by atoms with Crippen LogP contribution in [-0.2, 0) is 14.4 Å². The molecular weight excluding hydrogens is 431 g/mol. The number of terminal acetylenes is 1. The van der Waals surface area contributed by atoms with Crippen LogP contribution in [0.5, 0.6) is 0 Å². The van der Waals surface area contributed by atoms with Crippen LogP contribution in [0.3, 0.4) is 0 Å². The molecule has 148 valence electrons. The van der Waals surface area contributed by atoms with E-state index in [2.05, 4.69) is 11.2 Å². The van der Waals surface area contributed by atoms with Crippen molar-refractivity contribution < 1.29 is 24.6 Å². The molecule has 2 heterocycles. The number of aliphatic carboxylic acids is 1. The van der Waals surface area contributed by atoms with E-state index in [4.69, 9.17) is 41.2 Å². The lowest BCUT2D eigenvalue weighted by Gasteiger charge is -2.29. The Morgan fingerprint density at radius 2 is 1.96 bits per heavy atom. The number of hydrogen-bond donors (Lipinski definition) is 3. The lowest BCUT2D eigenvalue weighted by molar-refractivity contribution is -0.153. The third kappa shape index (κ3) is 2.97. The molecule has 4 atom stereocenters. The number of aliphatic hydroxyl groups excluding tert-OH is 1. The van der Waals surface area contributed by atoms with Crippen molar-refractivity contribution in [3.05, 3.63) is 32.8 Å². The summed E-state index contributed by atoms with van der Waals surface area (Å²) in [5, 5.41) is 22.9. The summed E-state index contributed by atoms with van der Waals surface area (Å²) in [6.45, 7) is -0.951. The minimum absolute atomic E-state index is 0.0426. The van der Waals surface area contributed by atoms with Gasteiger partial charge in [0.05, 0.1) is 28.5 Å². The number of benzene rings is 1. The number of carboxylic acid groups (broad SMARTS) is 1. The SMILES string of the molecule is C#CCCN1C(=O)C2C(c3cc(Cl)cc(Cl)c3Cl)NC(CO)(C(=O)O)C2C1=O. The number of aliphatic hydroxyl groups is 1. The smallest absolute Gasteiger partial charge is 0.327 e. The van der Waals surface area contributed by atoms with Crippen LogP contribution in [-0.4, -0.2) is 51.6 Å². The van der Waals surface area contributed by atoms with Crippen molar-refractivity contribution in [2.24, 2.45) is 11.8 Å². The van der Waals surface area contributed by atoms with E-state index < -0.39 is 47.8 Å². The average Bonchev–Trinajstić information content (AvgIpc) is 3.12. The number of amides is 2. The summed E-state index contributed by atoms with van der Waals surface area (Å²) in [5.74, 6) is -2.86. The second-order valence-corrected chi connectivity index (χ2v) is 7.85. The zero-order valence-corrected chi connectivity index (χ0v) is 16.6. The van der Waals surface area contributed by atoms with Gasteiger partial charge in [-0.15, -0.1) is 12.3 Å². The molecule has 2 fully saturated rings. The highest BCUT2D eigenvalue weighted by Crippen LogP contribution is 2.50. The van der Waals surface area contributed by atoms with Gasteiger partial charge in [-0.05, 0) is 17.7 Å². The van der Waals surface area contributed by atoms with Gasteiger partial charge in [-0.2, -0.15) is 0 Å². The molecule has 2 amide bonds. The van der Waals surface area contributed by atoms with Gasteiger partial charge in [-0.3, -0.25) is 24.6 Å². The Balaban J connectivity index is 2.17. The number of halogens is 3. The van der Waals surface area contributed by atoms with Gasteiger partial charge in [0.15, 0.2) is 5.54 Å². The van der Waals surface area contributed by atoms with E-state index in [1.165, 1.54) is 12.1 Å². The zero-order valence-electron chi connectivity index (χ0n) is 14.3. The minimum Gasteiger partial charge on any atom is -0.480 e. The molecule has 4 unspecified atom stereocenters. The Bertz CT molecular complexity index is 915. The highest BCUT2D eigenvalue weighted by atomic mass is 35.5. The Morgan fingerprint density at radius 3 is 2.54 bits per heavy atom. The van der Waals surface area contributed by atoms with Crippen molar-refractivity contribution in [1.82, 2.24) is 10.2 Å². The number of nitrogens with zero attached hydrogens (tertiary/aromatic N) is 1. The second kappa shape index (κ2) is 7.54. The monoisotopic (exact) mass is 444 g/mol. The van der Waals surface area contributed by atoms with Crippen LogP contribution < -0.4 is 5.32 Å². The summed E-state index contributed by atoms with van der Waals surface area (Å²) in [6.07, 6.45) is 5.34. The highest BCUT2D eigenvalue weighted by Gasteiger charge is 2.68. The second-order valence-electron chi connectivity index (χ2n) is 6.63. The largest absolute Gasteiger partial charge is 0.480 e. The van der Waals surface area contributed by atoms with Crippen LogP contribution in [0.15, 0.2) is 12.1 Å². The molecular formula is C18H15Cl3N2O5. The quantitative estimate of drug-likeness (QED) is 0.362. The Hall–Kier alpha value is -1.82. The molecule has 0 aromatic heterocycles. The van der Waals surface area contributed by atoms with Crippen LogP contribution in [0.2, 0.25) is 15.1 Å². The summed E-state index contributed by atoms with van der Waals surface area (Å²) in [6, 6.07) is 1.85. The summed E-state index contributed by atoms with van der Waals surface area (Å²) < 4.78 is 0. The third-order valence-electron chi connectivity index (χ3n) is 5.21. The lowest BCUT2D eigenvalue weighted by atomic mass is 9.79. The molecule has 2 saturated heterocycles. The van der Waals surface area contributed by atoms with E-state index in [1.54, 1.807) is 0 Å². The fourth-order valence-corrected chi connectivity index (χ4v) is 4.67. The van der Waals surface area contributed by atoms with Gasteiger partial charge in [0.2, 0.25) is 11.8 Å². The first kappa shape index (κ1) is 20.9. The Labute approximate surface area is 175 Å². The van der Waals surface area contributed by atoms with Crippen molar-refractivity contribution >= 4 is 52.6 Å². The maximum Gasteiger partial charge on any atom is 0.327 e. The number of fused-ring (bicyclic) bond motifs is 1. The topological polar surface area (TPSA) is 107 Å². The predicted molar refractivity (Wildman–Crippen MR) is 102 cm³/mol. The summed E-state index contributed by atoms with van der Waals surface area (Å²) in [4.78, 5) is 38.9. The number of carbonyl (C=O) groups excluding carboxylic acids is 2. The molecule has 0 saturated carbocycles. The molecule has 2 aliphatic heterocycles. The van der Waals surface area contributed by atoms with Gasteiger partial charge < -0.3 is 10.2 Å². The summed E-state index contributed by atoms with van der Waals surface area (Å²) in [5.41, 5.74) is -1.80. The van der Waals surface area contributed by atoms with E-state index in [9.17, 15) is 24.6 Å². The molecule has 0 aliphatic carbocycles. The van der Waals surface area contributed by atoms with Crippen molar-refractivity contribution in [1.29, 1.82) is 0 Å². The first-order chi connectivity index (χ1) is 13.2. The third-order valence-corrected chi connectivity index (χ3v) is 6.25. The lowest BCUT2D eigenvalue weighted by Crippen LogP contribution is -2.58. The molecule has 3 N–H and O–H groups in total.